The summed E-state index contributed by atoms with van der Waals surface area (Å²) < 4.78 is 19.6. The number of benzene rings is 3. The van der Waals surface area contributed by atoms with Crippen LogP contribution in [-0.4, -0.2) is 29.1 Å². The van der Waals surface area contributed by atoms with Crippen LogP contribution in [0.15, 0.2) is 85.5 Å². The number of para-hydroxylation sites is 1. The Morgan fingerprint density at radius 3 is 2.69 bits per heavy atom. The average molecular weight is 532 g/mol. The first kappa shape index (κ1) is 22.9. The molecule has 35 heavy (non-hydrogen) atoms. The fraction of sp³-hybridized carbons (Fsp3) is 0.148. The van der Waals surface area contributed by atoms with E-state index in [4.69, 9.17) is 18.9 Å². The first-order valence-electron chi connectivity index (χ1n) is 11.2. The second kappa shape index (κ2) is 9.76. The standard InChI is InChI=1S/C27H22BrN3O4/c1-3-33-20-11-9-17(24(15-20)34-4-2)16-29-31-26(30-22-8-6-5-7-21(22)27(31)32)25-14-18-13-19(28)10-12-23(18)35-25/h5-16H,3-4H2,1-2H3. The van der Waals surface area contributed by atoms with E-state index in [-0.39, 0.29) is 5.56 Å². The average Bonchev–Trinajstić information content (AvgIpc) is 3.28. The molecule has 0 bridgehead atoms. The minimum Gasteiger partial charge on any atom is -0.494 e. The molecule has 7 nitrogen and oxygen atoms in total. The Labute approximate surface area is 209 Å². The van der Waals surface area contributed by atoms with E-state index < -0.39 is 0 Å². The quantitative estimate of drug-likeness (QED) is 0.232. The summed E-state index contributed by atoms with van der Waals surface area (Å²) >= 11 is 3.48. The number of halogens is 1. The lowest BCUT2D eigenvalue weighted by atomic mass is 10.2. The highest BCUT2D eigenvalue weighted by atomic mass is 79.9. The summed E-state index contributed by atoms with van der Waals surface area (Å²) in [5.74, 6) is 2.06. The van der Waals surface area contributed by atoms with Crippen molar-refractivity contribution in [2.75, 3.05) is 13.2 Å². The van der Waals surface area contributed by atoms with Gasteiger partial charge in [-0.25, -0.2) is 4.98 Å². The van der Waals surface area contributed by atoms with Crippen LogP contribution < -0.4 is 15.0 Å². The van der Waals surface area contributed by atoms with E-state index in [1.807, 2.05) is 62.4 Å². The number of ether oxygens (including phenoxy) is 2. The zero-order valence-corrected chi connectivity index (χ0v) is 20.8. The number of fused-ring (bicyclic) bond motifs is 2. The van der Waals surface area contributed by atoms with Crippen molar-refractivity contribution >= 4 is 44.0 Å². The van der Waals surface area contributed by atoms with Gasteiger partial charge in [-0.05, 0) is 62.4 Å². The Kier molecular flexibility index (Phi) is 6.37. The molecule has 0 fully saturated rings. The Balaban J connectivity index is 1.67. The molecule has 0 aliphatic heterocycles. The highest BCUT2D eigenvalue weighted by molar-refractivity contribution is 9.10. The maximum atomic E-state index is 13.5. The third-order valence-electron chi connectivity index (χ3n) is 5.36. The largest absolute Gasteiger partial charge is 0.494 e. The van der Waals surface area contributed by atoms with E-state index in [0.29, 0.717) is 58.3 Å². The number of nitrogens with zero attached hydrogens (tertiary/aromatic N) is 3. The van der Waals surface area contributed by atoms with Gasteiger partial charge in [0.05, 0.1) is 30.3 Å². The molecule has 0 unspecified atom stereocenters. The van der Waals surface area contributed by atoms with Crippen molar-refractivity contribution in [2.24, 2.45) is 5.10 Å². The molecule has 0 aliphatic carbocycles. The highest BCUT2D eigenvalue weighted by Crippen LogP contribution is 2.29. The number of aromatic nitrogens is 2. The molecular weight excluding hydrogens is 510 g/mol. The van der Waals surface area contributed by atoms with Crippen LogP contribution >= 0.6 is 15.9 Å². The van der Waals surface area contributed by atoms with Crippen molar-refractivity contribution in [3.05, 3.63) is 87.1 Å². The Bertz CT molecular complexity index is 1620. The van der Waals surface area contributed by atoms with Crippen molar-refractivity contribution in [3.63, 3.8) is 0 Å². The number of furan rings is 1. The zero-order valence-electron chi connectivity index (χ0n) is 19.2. The number of hydrogen-bond acceptors (Lipinski definition) is 6. The topological polar surface area (TPSA) is 78.9 Å². The molecule has 0 N–H and O–H groups in total. The van der Waals surface area contributed by atoms with Gasteiger partial charge in [0.15, 0.2) is 5.76 Å². The summed E-state index contributed by atoms with van der Waals surface area (Å²) in [5.41, 5.74) is 1.66. The van der Waals surface area contributed by atoms with Gasteiger partial charge in [-0.1, -0.05) is 28.1 Å². The van der Waals surface area contributed by atoms with Crippen LogP contribution in [0.3, 0.4) is 0 Å². The molecule has 0 aliphatic rings. The van der Waals surface area contributed by atoms with Crippen molar-refractivity contribution in [3.8, 4) is 23.1 Å². The van der Waals surface area contributed by atoms with Crippen LogP contribution in [0.25, 0.3) is 33.5 Å². The second-order valence-electron chi connectivity index (χ2n) is 7.67. The SMILES string of the molecule is CCOc1ccc(C=Nn2c(-c3cc4cc(Br)ccc4o3)nc3ccccc3c2=O)c(OCC)c1. The van der Waals surface area contributed by atoms with Crippen molar-refractivity contribution in [1.29, 1.82) is 0 Å². The Morgan fingerprint density at radius 2 is 1.86 bits per heavy atom. The van der Waals surface area contributed by atoms with Gasteiger partial charge in [0.2, 0.25) is 5.82 Å². The highest BCUT2D eigenvalue weighted by Gasteiger charge is 2.17. The smallest absolute Gasteiger partial charge is 0.282 e. The lowest BCUT2D eigenvalue weighted by Gasteiger charge is -2.11. The molecule has 8 heteroatoms. The first-order chi connectivity index (χ1) is 17.1. The van der Waals surface area contributed by atoms with Crippen molar-refractivity contribution in [1.82, 2.24) is 9.66 Å². The van der Waals surface area contributed by atoms with E-state index >= 15 is 0 Å². The van der Waals surface area contributed by atoms with Crippen LogP contribution in [0, 0.1) is 0 Å². The number of hydrogen-bond donors (Lipinski definition) is 0. The molecule has 0 saturated carbocycles. The summed E-state index contributed by atoms with van der Waals surface area (Å²) in [6, 6.07) is 20.2. The van der Waals surface area contributed by atoms with Gasteiger partial charge in [0, 0.05) is 21.5 Å². The first-order valence-corrected chi connectivity index (χ1v) is 12.0. The van der Waals surface area contributed by atoms with Gasteiger partial charge in [0.1, 0.15) is 17.1 Å². The molecular formula is C27H22BrN3O4. The fourth-order valence-corrected chi connectivity index (χ4v) is 4.17. The van der Waals surface area contributed by atoms with E-state index in [2.05, 4.69) is 21.0 Å². The van der Waals surface area contributed by atoms with Crippen molar-refractivity contribution < 1.29 is 13.9 Å². The molecule has 0 atom stereocenters. The maximum Gasteiger partial charge on any atom is 0.282 e. The van der Waals surface area contributed by atoms with Gasteiger partial charge in [0.25, 0.3) is 5.56 Å². The summed E-state index contributed by atoms with van der Waals surface area (Å²) in [6.07, 6.45) is 1.58. The van der Waals surface area contributed by atoms with E-state index in [0.717, 1.165) is 9.86 Å². The summed E-state index contributed by atoms with van der Waals surface area (Å²) in [7, 11) is 0. The molecule has 5 rings (SSSR count). The third kappa shape index (κ3) is 4.57. The van der Waals surface area contributed by atoms with Gasteiger partial charge in [-0.2, -0.15) is 9.78 Å². The van der Waals surface area contributed by atoms with Gasteiger partial charge in [-0.3, -0.25) is 4.79 Å². The van der Waals surface area contributed by atoms with Gasteiger partial charge < -0.3 is 13.9 Å². The minimum atomic E-state index is -0.299. The molecule has 0 spiro atoms. The lowest BCUT2D eigenvalue weighted by molar-refractivity contribution is 0.323. The molecule has 176 valence electrons. The van der Waals surface area contributed by atoms with Crippen LogP contribution in [-0.2, 0) is 0 Å². The zero-order chi connectivity index (χ0) is 24.4. The van der Waals surface area contributed by atoms with Crippen LogP contribution in [0.5, 0.6) is 11.5 Å². The predicted molar refractivity (Wildman–Crippen MR) is 141 cm³/mol. The predicted octanol–water partition coefficient (Wildman–Crippen LogP) is 6.25. The van der Waals surface area contributed by atoms with Crippen LogP contribution in [0.1, 0.15) is 19.4 Å². The molecule has 2 heterocycles. The summed E-state index contributed by atoms with van der Waals surface area (Å²) in [6.45, 7) is 4.86. The summed E-state index contributed by atoms with van der Waals surface area (Å²) in [4.78, 5) is 18.2. The second-order valence-corrected chi connectivity index (χ2v) is 8.59. The monoisotopic (exact) mass is 531 g/mol. The van der Waals surface area contributed by atoms with E-state index in [1.54, 1.807) is 24.4 Å². The van der Waals surface area contributed by atoms with Gasteiger partial charge >= 0.3 is 0 Å². The minimum absolute atomic E-state index is 0.299. The molecule has 2 aromatic heterocycles. The van der Waals surface area contributed by atoms with E-state index in [1.165, 1.54) is 4.68 Å². The lowest BCUT2D eigenvalue weighted by Crippen LogP contribution is -2.20. The Hall–Kier alpha value is -3.91. The molecule has 3 aromatic carbocycles. The molecule has 5 aromatic rings. The summed E-state index contributed by atoms with van der Waals surface area (Å²) in [5, 5.41) is 5.88. The normalized spacial score (nSPS) is 11.5. The Morgan fingerprint density at radius 1 is 1.03 bits per heavy atom. The molecule has 0 saturated heterocycles. The van der Waals surface area contributed by atoms with Crippen LogP contribution in [0.2, 0.25) is 0 Å². The molecule has 0 radical (unpaired) electrons. The van der Waals surface area contributed by atoms with Crippen LogP contribution in [0.4, 0.5) is 0 Å². The van der Waals surface area contributed by atoms with Gasteiger partial charge in [-0.15, -0.1) is 0 Å². The number of rotatable bonds is 7. The fourth-order valence-electron chi connectivity index (χ4n) is 3.79. The maximum absolute atomic E-state index is 13.5. The van der Waals surface area contributed by atoms with Crippen molar-refractivity contribution in [2.45, 2.75) is 13.8 Å². The van der Waals surface area contributed by atoms with E-state index in [9.17, 15) is 4.79 Å². The molecule has 0 amide bonds. The third-order valence-corrected chi connectivity index (χ3v) is 5.85.